The van der Waals surface area contributed by atoms with Crippen LogP contribution in [0.25, 0.3) is 0 Å². The van der Waals surface area contributed by atoms with E-state index in [2.05, 4.69) is 25.8 Å². The van der Waals surface area contributed by atoms with Crippen molar-refractivity contribution in [3.63, 3.8) is 0 Å². The number of oxime groups is 1. The summed E-state index contributed by atoms with van der Waals surface area (Å²) in [4.78, 5) is 0. The van der Waals surface area contributed by atoms with Crippen molar-refractivity contribution in [2.45, 2.75) is 36.4 Å². The molecule has 0 fully saturated rings. The molecular formula is C10H15BrClN3O3S2. The first-order valence-corrected chi connectivity index (χ1v) is 9.16. The van der Waals surface area contributed by atoms with E-state index in [1.807, 2.05) is 0 Å². The average Bonchev–Trinajstić information content (AvgIpc) is 2.76. The Morgan fingerprint density at radius 2 is 2.15 bits per heavy atom. The van der Waals surface area contributed by atoms with Crippen molar-refractivity contribution in [3.05, 3.63) is 14.9 Å². The lowest BCUT2D eigenvalue weighted by molar-refractivity contribution is 0.307. The predicted octanol–water partition coefficient (Wildman–Crippen LogP) is 2.75. The van der Waals surface area contributed by atoms with E-state index >= 15 is 0 Å². The van der Waals surface area contributed by atoms with E-state index in [9.17, 15) is 8.42 Å². The fraction of sp³-hybridized carbons (Fsp3) is 0.500. The lowest BCUT2D eigenvalue weighted by atomic mass is 9.93. The zero-order valence-corrected chi connectivity index (χ0v) is 14.8. The van der Waals surface area contributed by atoms with Crippen LogP contribution in [-0.4, -0.2) is 25.0 Å². The molecule has 0 atom stereocenters. The third kappa shape index (κ3) is 3.45. The molecule has 1 aromatic rings. The quantitative estimate of drug-likeness (QED) is 0.293. The fourth-order valence-corrected chi connectivity index (χ4v) is 5.59. The molecule has 10 heteroatoms. The van der Waals surface area contributed by atoms with Gasteiger partial charge in [-0.25, -0.2) is 8.42 Å². The maximum atomic E-state index is 12.4. The largest absolute Gasteiger partial charge is 0.409 e. The Morgan fingerprint density at radius 1 is 1.60 bits per heavy atom. The van der Waals surface area contributed by atoms with Crippen LogP contribution in [0.5, 0.6) is 0 Å². The van der Waals surface area contributed by atoms with E-state index in [4.69, 9.17) is 22.5 Å². The Balaban J connectivity index is 3.22. The van der Waals surface area contributed by atoms with Crippen molar-refractivity contribution in [1.29, 1.82) is 0 Å². The molecule has 0 aromatic carbocycles. The second kappa shape index (κ2) is 6.61. The Labute approximate surface area is 135 Å². The van der Waals surface area contributed by atoms with Crippen molar-refractivity contribution in [3.8, 4) is 0 Å². The van der Waals surface area contributed by atoms with Crippen molar-refractivity contribution in [2.75, 3.05) is 0 Å². The number of nitrogens with one attached hydrogen (secondary N) is 1. The minimum Gasteiger partial charge on any atom is -0.409 e. The van der Waals surface area contributed by atoms with Crippen molar-refractivity contribution >= 4 is 54.7 Å². The summed E-state index contributed by atoms with van der Waals surface area (Å²) < 4.78 is 27.9. The summed E-state index contributed by atoms with van der Waals surface area (Å²) in [7, 11) is -3.82. The monoisotopic (exact) mass is 403 g/mol. The van der Waals surface area contributed by atoms with E-state index in [1.54, 1.807) is 13.8 Å². The number of thiophene rings is 1. The molecule has 114 valence electrons. The molecule has 0 unspecified atom stereocenters. The van der Waals surface area contributed by atoms with E-state index in [-0.39, 0.29) is 10.0 Å². The SMILES string of the molecule is CCC(CC)(NS(=O)(=O)c1cc(Cl)c(Br)s1)C(N)=NO. The van der Waals surface area contributed by atoms with E-state index in [0.717, 1.165) is 11.3 Å². The van der Waals surface area contributed by atoms with Gasteiger partial charge in [-0.05, 0) is 34.8 Å². The molecule has 0 radical (unpaired) electrons. The molecule has 0 aliphatic carbocycles. The Bertz CT molecular complexity index is 592. The second-order valence-corrected chi connectivity index (χ2v) is 8.75. The number of hydrogen-bond donors (Lipinski definition) is 3. The van der Waals surface area contributed by atoms with Crippen LogP contribution in [0.2, 0.25) is 5.02 Å². The van der Waals surface area contributed by atoms with Crippen LogP contribution in [0.4, 0.5) is 0 Å². The zero-order chi connectivity index (χ0) is 15.6. The van der Waals surface area contributed by atoms with Gasteiger partial charge in [0.1, 0.15) is 4.21 Å². The molecule has 0 amide bonds. The van der Waals surface area contributed by atoms with Crippen LogP contribution in [0, 0.1) is 0 Å². The number of sulfonamides is 1. The fourth-order valence-electron chi connectivity index (χ4n) is 1.67. The summed E-state index contributed by atoms with van der Waals surface area (Å²) in [5.74, 6) is -0.173. The number of halogens is 2. The Kier molecular flexibility index (Phi) is 5.85. The average molecular weight is 405 g/mol. The smallest absolute Gasteiger partial charge is 0.251 e. The lowest BCUT2D eigenvalue weighted by Crippen LogP contribution is -2.56. The minimum absolute atomic E-state index is 0.0615. The molecule has 0 spiro atoms. The summed E-state index contributed by atoms with van der Waals surface area (Å²) in [5, 5.41) is 12.1. The van der Waals surface area contributed by atoms with Crippen molar-refractivity contribution in [1.82, 2.24) is 4.72 Å². The van der Waals surface area contributed by atoms with Gasteiger partial charge in [0.25, 0.3) is 10.0 Å². The van der Waals surface area contributed by atoms with Crippen molar-refractivity contribution in [2.24, 2.45) is 10.9 Å². The van der Waals surface area contributed by atoms with Gasteiger partial charge in [0, 0.05) is 0 Å². The van der Waals surface area contributed by atoms with Gasteiger partial charge in [0.05, 0.1) is 14.3 Å². The molecule has 0 aliphatic heterocycles. The van der Waals surface area contributed by atoms with Gasteiger partial charge >= 0.3 is 0 Å². The van der Waals surface area contributed by atoms with Gasteiger partial charge in [-0.2, -0.15) is 4.72 Å². The van der Waals surface area contributed by atoms with Gasteiger partial charge in [-0.3, -0.25) is 0 Å². The highest BCUT2D eigenvalue weighted by Gasteiger charge is 2.37. The number of hydrogen-bond acceptors (Lipinski definition) is 5. The highest BCUT2D eigenvalue weighted by molar-refractivity contribution is 9.11. The molecule has 0 aliphatic rings. The molecule has 1 aromatic heterocycles. The summed E-state index contributed by atoms with van der Waals surface area (Å²) in [5.41, 5.74) is 4.51. The van der Waals surface area contributed by atoms with Crippen LogP contribution in [0.1, 0.15) is 26.7 Å². The van der Waals surface area contributed by atoms with Gasteiger partial charge in [0.2, 0.25) is 0 Å². The topological polar surface area (TPSA) is 105 Å². The van der Waals surface area contributed by atoms with Crippen LogP contribution >= 0.6 is 38.9 Å². The van der Waals surface area contributed by atoms with Crippen LogP contribution in [-0.2, 0) is 10.0 Å². The predicted molar refractivity (Wildman–Crippen MR) is 84.1 cm³/mol. The van der Waals surface area contributed by atoms with Gasteiger partial charge in [-0.15, -0.1) is 11.3 Å². The molecule has 0 bridgehead atoms. The maximum Gasteiger partial charge on any atom is 0.251 e. The number of rotatable bonds is 6. The number of nitrogens with zero attached hydrogens (tertiary/aromatic N) is 1. The number of nitrogens with two attached hydrogens (primary N) is 1. The summed E-state index contributed by atoms with van der Waals surface area (Å²) >= 11 is 10.0. The highest BCUT2D eigenvalue weighted by Crippen LogP contribution is 2.35. The molecule has 1 rings (SSSR count). The zero-order valence-electron chi connectivity index (χ0n) is 10.9. The standard InChI is InChI=1S/C10H15BrClN3O3S2/c1-3-10(4-2,9(13)14-16)15-20(17,18)7-5-6(12)8(11)19-7/h5,15-16H,3-4H2,1-2H3,(H2,13,14). The molecular weight excluding hydrogens is 390 g/mol. The summed E-state index contributed by atoms with van der Waals surface area (Å²) in [6, 6.07) is 1.35. The maximum absolute atomic E-state index is 12.4. The highest BCUT2D eigenvalue weighted by atomic mass is 79.9. The van der Waals surface area contributed by atoms with Crippen LogP contribution < -0.4 is 10.5 Å². The van der Waals surface area contributed by atoms with Gasteiger partial charge < -0.3 is 10.9 Å². The van der Waals surface area contributed by atoms with Gasteiger partial charge in [0.15, 0.2) is 5.84 Å². The van der Waals surface area contributed by atoms with Crippen LogP contribution in [0.3, 0.4) is 0 Å². The summed E-state index contributed by atoms with van der Waals surface area (Å²) in [6.45, 7) is 3.50. The van der Waals surface area contributed by atoms with Crippen LogP contribution in [0.15, 0.2) is 19.2 Å². The molecule has 0 saturated carbocycles. The lowest BCUT2D eigenvalue weighted by Gasteiger charge is -2.30. The van der Waals surface area contributed by atoms with E-state index < -0.39 is 15.6 Å². The first-order valence-electron chi connectivity index (χ1n) is 5.69. The van der Waals surface area contributed by atoms with E-state index in [1.165, 1.54) is 6.07 Å². The van der Waals surface area contributed by atoms with Gasteiger partial charge in [-0.1, -0.05) is 30.6 Å². The first-order chi connectivity index (χ1) is 9.22. The molecule has 20 heavy (non-hydrogen) atoms. The normalized spacial score (nSPS) is 13.7. The third-order valence-electron chi connectivity index (χ3n) is 3.02. The van der Waals surface area contributed by atoms with E-state index in [0.29, 0.717) is 21.7 Å². The molecule has 6 nitrogen and oxygen atoms in total. The first kappa shape index (κ1) is 17.7. The summed E-state index contributed by atoms with van der Waals surface area (Å²) in [6.07, 6.45) is 0.692. The Hall–Kier alpha value is -0.350. The Morgan fingerprint density at radius 3 is 2.50 bits per heavy atom. The minimum atomic E-state index is -3.82. The number of amidine groups is 1. The second-order valence-electron chi connectivity index (χ2n) is 4.07. The molecule has 1 heterocycles. The molecule has 0 saturated heterocycles. The third-order valence-corrected chi connectivity index (χ3v) is 7.51. The molecule has 4 N–H and O–H groups in total. The van der Waals surface area contributed by atoms with Crippen molar-refractivity contribution < 1.29 is 13.6 Å².